The molecule has 0 saturated heterocycles. The van der Waals surface area contributed by atoms with E-state index in [0.29, 0.717) is 11.5 Å². The fourth-order valence-electron chi connectivity index (χ4n) is 0.599. The Labute approximate surface area is 58.0 Å². The third-order valence-corrected chi connectivity index (χ3v) is 0.936. The molecule has 4 heteroatoms. The Morgan fingerprint density at radius 3 is 3.00 bits per heavy atom. The average molecular weight is 139 g/mol. The second-order valence-electron chi connectivity index (χ2n) is 1.91. The summed E-state index contributed by atoms with van der Waals surface area (Å²) in [5, 5.41) is 3.52. The summed E-state index contributed by atoms with van der Waals surface area (Å²) in [6.07, 6.45) is 1.20. The number of hydrogen-bond donors (Lipinski definition) is 1. The molecule has 1 radical (unpaired) electrons. The first-order valence-electron chi connectivity index (χ1n) is 2.76. The SMILES string of the molecule is Cc1cc([CH]C(N)=O)no1. The van der Waals surface area contributed by atoms with Crippen molar-refractivity contribution in [3.63, 3.8) is 0 Å². The normalized spacial score (nSPS) is 9.70. The predicted octanol–water partition coefficient (Wildman–Crippen LogP) is 0.0207. The van der Waals surface area contributed by atoms with Crippen LogP contribution in [0.2, 0.25) is 0 Å². The Morgan fingerprint density at radius 1 is 1.90 bits per heavy atom. The van der Waals surface area contributed by atoms with Crippen LogP contribution in [0, 0.1) is 13.3 Å². The number of aryl methyl sites for hydroxylation is 1. The second kappa shape index (κ2) is 2.51. The first-order valence-corrected chi connectivity index (χ1v) is 2.76. The van der Waals surface area contributed by atoms with Gasteiger partial charge >= 0.3 is 0 Å². The number of nitrogens with zero attached hydrogens (tertiary/aromatic N) is 1. The molecule has 2 N–H and O–H groups in total. The summed E-state index contributed by atoms with van der Waals surface area (Å²) in [6, 6.07) is 1.63. The van der Waals surface area contributed by atoms with Crippen molar-refractivity contribution >= 4 is 5.91 Å². The van der Waals surface area contributed by atoms with Gasteiger partial charge in [0.05, 0.1) is 5.69 Å². The Balaban J connectivity index is 2.67. The van der Waals surface area contributed by atoms with Gasteiger partial charge in [0.25, 0.3) is 0 Å². The molecule has 53 valence electrons. The minimum Gasteiger partial charge on any atom is -0.369 e. The maximum atomic E-state index is 10.3. The largest absolute Gasteiger partial charge is 0.369 e. The van der Waals surface area contributed by atoms with Crippen LogP contribution in [-0.4, -0.2) is 11.1 Å². The van der Waals surface area contributed by atoms with Crippen LogP contribution in [0.1, 0.15) is 11.5 Å². The fraction of sp³-hybridized carbons (Fsp3) is 0.167. The molecule has 0 aromatic carbocycles. The van der Waals surface area contributed by atoms with Crippen molar-refractivity contribution in [2.45, 2.75) is 6.92 Å². The molecule has 1 rings (SSSR count). The van der Waals surface area contributed by atoms with Gasteiger partial charge in [-0.05, 0) is 6.92 Å². The lowest BCUT2D eigenvalue weighted by Gasteiger charge is -1.83. The summed E-state index contributed by atoms with van der Waals surface area (Å²) < 4.78 is 4.68. The monoisotopic (exact) mass is 139 g/mol. The van der Waals surface area contributed by atoms with Crippen LogP contribution in [0.15, 0.2) is 10.6 Å². The van der Waals surface area contributed by atoms with Gasteiger partial charge in [-0.3, -0.25) is 4.79 Å². The number of aromatic nitrogens is 1. The number of carbonyl (C=O) groups excluding carboxylic acids is 1. The van der Waals surface area contributed by atoms with Gasteiger partial charge in [0.15, 0.2) is 0 Å². The molecule has 0 saturated carbocycles. The first kappa shape index (κ1) is 6.80. The van der Waals surface area contributed by atoms with Crippen molar-refractivity contribution in [1.82, 2.24) is 5.16 Å². The van der Waals surface area contributed by atoms with Crippen molar-refractivity contribution in [3.05, 3.63) is 23.9 Å². The fourth-order valence-corrected chi connectivity index (χ4v) is 0.599. The van der Waals surface area contributed by atoms with Crippen LogP contribution >= 0.6 is 0 Å². The third-order valence-electron chi connectivity index (χ3n) is 0.936. The van der Waals surface area contributed by atoms with E-state index in [1.54, 1.807) is 13.0 Å². The molecule has 0 aliphatic heterocycles. The summed E-state index contributed by atoms with van der Waals surface area (Å²) >= 11 is 0. The Hall–Kier alpha value is -1.32. The van der Waals surface area contributed by atoms with Crippen molar-refractivity contribution in [2.24, 2.45) is 5.73 Å². The van der Waals surface area contributed by atoms with Crippen LogP contribution < -0.4 is 5.73 Å². The standard InChI is InChI=1S/C6H7N2O2/c1-4-2-5(8-10-4)3-6(7)9/h2-3H,1H3,(H2,7,9). The van der Waals surface area contributed by atoms with E-state index in [4.69, 9.17) is 5.73 Å². The van der Waals surface area contributed by atoms with Crippen LogP contribution in [0.5, 0.6) is 0 Å². The highest BCUT2D eigenvalue weighted by atomic mass is 16.5. The lowest BCUT2D eigenvalue weighted by molar-refractivity contribution is -0.114. The molecular formula is C6H7N2O2. The van der Waals surface area contributed by atoms with Crippen molar-refractivity contribution < 1.29 is 9.32 Å². The lowest BCUT2D eigenvalue weighted by atomic mass is 10.3. The molecule has 1 aromatic rings. The molecule has 10 heavy (non-hydrogen) atoms. The van der Waals surface area contributed by atoms with Gasteiger partial charge in [0, 0.05) is 6.07 Å². The maximum Gasteiger partial charge on any atom is 0.227 e. The zero-order valence-electron chi connectivity index (χ0n) is 5.50. The Kier molecular flexibility index (Phi) is 1.71. The average Bonchev–Trinajstić information content (AvgIpc) is 2.13. The van der Waals surface area contributed by atoms with Gasteiger partial charge in [-0.25, -0.2) is 0 Å². The highest BCUT2D eigenvalue weighted by Crippen LogP contribution is 2.02. The van der Waals surface area contributed by atoms with Gasteiger partial charge in [-0.2, -0.15) is 0 Å². The molecular weight excluding hydrogens is 132 g/mol. The zero-order valence-corrected chi connectivity index (χ0v) is 5.50. The predicted molar refractivity (Wildman–Crippen MR) is 33.8 cm³/mol. The Morgan fingerprint density at radius 2 is 2.60 bits per heavy atom. The minimum absolute atomic E-state index is 0.463. The molecule has 0 aliphatic carbocycles. The summed E-state index contributed by atoms with van der Waals surface area (Å²) in [7, 11) is 0. The highest BCUT2D eigenvalue weighted by molar-refractivity contribution is 5.86. The van der Waals surface area contributed by atoms with Crippen LogP contribution in [0.3, 0.4) is 0 Å². The summed E-state index contributed by atoms with van der Waals surface area (Å²) in [5.41, 5.74) is 5.32. The number of amides is 1. The van der Waals surface area contributed by atoms with Crippen molar-refractivity contribution in [1.29, 1.82) is 0 Å². The molecule has 1 aromatic heterocycles. The minimum atomic E-state index is -0.520. The van der Waals surface area contributed by atoms with Crippen LogP contribution in [0.25, 0.3) is 0 Å². The molecule has 0 fully saturated rings. The van der Waals surface area contributed by atoms with Gasteiger partial charge in [-0.15, -0.1) is 0 Å². The number of primary amides is 1. The van der Waals surface area contributed by atoms with Crippen LogP contribution in [0.4, 0.5) is 0 Å². The summed E-state index contributed by atoms with van der Waals surface area (Å²) in [5.74, 6) is 0.140. The molecule has 0 aliphatic rings. The van der Waals surface area contributed by atoms with E-state index in [0.717, 1.165) is 0 Å². The molecule has 1 amide bonds. The van der Waals surface area contributed by atoms with E-state index in [9.17, 15) is 4.79 Å². The lowest BCUT2D eigenvalue weighted by Crippen LogP contribution is -2.11. The van der Waals surface area contributed by atoms with Gasteiger partial charge < -0.3 is 10.3 Å². The summed E-state index contributed by atoms with van der Waals surface area (Å²) in [4.78, 5) is 10.3. The molecule has 0 atom stereocenters. The van der Waals surface area contributed by atoms with E-state index >= 15 is 0 Å². The smallest absolute Gasteiger partial charge is 0.227 e. The number of hydrogen-bond acceptors (Lipinski definition) is 3. The van der Waals surface area contributed by atoms with Crippen molar-refractivity contribution in [2.75, 3.05) is 0 Å². The van der Waals surface area contributed by atoms with E-state index in [1.807, 2.05) is 0 Å². The van der Waals surface area contributed by atoms with Gasteiger partial charge in [0.2, 0.25) is 5.91 Å². The quantitative estimate of drug-likeness (QED) is 0.628. The number of nitrogens with two attached hydrogens (primary N) is 1. The molecule has 0 bridgehead atoms. The van der Waals surface area contributed by atoms with E-state index in [1.165, 1.54) is 6.42 Å². The summed E-state index contributed by atoms with van der Waals surface area (Å²) in [6.45, 7) is 1.74. The maximum absolute atomic E-state index is 10.3. The molecule has 1 heterocycles. The van der Waals surface area contributed by atoms with Gasteiger partial charge in [0.1, 0.15) is 12.2 Å². The third kappa shape index (κ3) is 1.58. The number of carbonyl (C=O) groups is 1. The van der Waals surface area contributed by atoms with Crippen molar-refractivity contribution in [3.8, 4) is 0 Å². The van der Waals surface area contributed by atoms with E-state index in [-0.39, 0.29) is 0 Å². The molecule has 0 unspecified atom stereocenters. The van der Waals surface area contributed by atoms with E-state index in [2.05, 4.69) is 9.68 Å². The van der Waals surface area contributed by atoms with E-state index < -0.39 is 5.91 Å². The Bertz CT molecular complexity index is 242. The van der Waals surface area contributed by atoms with Gasteiger partial charge in [-0.1, -0.05) is 5.16 Å². The molecule has 4 nitrogen and oxygen atoms in total. The van der Waals surface area contributed by atoms with Crippen LogP contribution in [-0.2, 0) is 4.79 Å². The molecule has 0 spiro atoms. The highest BCUT2D eigenvalue weighted by Gasteiger charge is 2.03. The second-order valence-corrected chi connectivity index (χ2v) is 1.91. The number of rotatable bonds is 2. The topological polar surface area (TPSA) is 69.1 Å². The zero-order chi connectivity index (χ0) is 7.56. The first-order chi connectivity index (χ1) is 4.68.